The summed E-state index contributed by atoms with van der Waals surface area (Å²) in [7, 11) is 0. The summed E-state index contributed by atoms with van der Waals surface area (Å²) in [5.74, 6) is 0. The SMILES string of the molecule is OC1(CNCc2sccc2Br)CCCCCC1. The zero-order chi connectivity index (χ0) is 12.1. The van der Waals surface area contributed by atoms with Crippen molar-refractivity contribution in [2.24, 2.45) is 0 Å². The predicted octanol–water partition coefficient (Wildman–Crippen LogP) is 3.69. The Morgan fingerprint density at radius 2 is 2.00 bits per heavy atom. The number of hydrogen-bond donors (Lipinski definition) is 2. The molecular formula is C13H20BrNOS. The molecule has 0 amide bonds. The summed E-state index contributed by atoms with van der Waals surface area (Å²) in [6, 6.07) is 2.07. The number of aliphatic hydroxyl groups is 1. The Balaban J connectivity index is 1.79. The molecule has 2 nitrogen and oxygen atoms in total. The molecule has 1 aliphatic rings. The molecule has 0 bridgehead atoms. The molecule has 0 aromatic carbocycles. The summed E-state index contributed by atoms with van der Waals surface area (Å²) in [6.07, 6.45) is 6.79. The van der Waals surface area contributed by atoms with Crippen LogP contribution >= 0.6 is 27.3 Å². The molecule has 0 aliphatic heterocycles. The molecule has 0 spiro atoms. The molecule has 1 fully saturated rings. The lowest BCUT2D eigenvalue weighted by Gasteiger charge is -2.26. The lowest BCUT2D eigenvalue weighted by molar-refractivity contribution is 0.0251. The van der Waals surface area contributed by atoms with Crippen LogP contribution in [0.2, 0.25) is 0 Å². The van der Waals surface area contributed by atoms with Gasteiger partial charge in [-0.15, -0.1) is 11.3 Å². The van der Waals surface area contributed by atoms with Gasteiger partial charge in [-0.25, -0.2) is 0 Å². The molecule has 2 N–H and O–H groups in total. The molecule has 0 unspecified atom stereocenters. The Morgan fingerprint density at radius 1 is 1.29 bits per heavy atom. The van der Waals surface area contributed by atoms with Crippen molar-refractivity contribution in [3.63, 3.8) is 0 Å². The minimum atomic E-state index is -0.472. The Labute approximate surface area is 116 Å². The van der Waals surface area contributed by atoms with E-state index in [-0.39, 0.29) is 0 Å². The highest BCUT2D eigenvalue weighted by Crippen LogP contribution is 2.27. The predicted molar refractivity (Wildman–Crippen MR) is 76.4 cm³/mol. The van der Waals surface area contributed by atoms with Gasteiger partial charge in [0.15, 0.2) is 0 Å². The van der Waals surface area contributed by atoms with Crippen LogP contribution in [0.3, 0.4) is 0 Å². The normalized spacial score (nSPS) is 20.1. The van der Waals surface area contributed by atoms with Crippen molar-refractivity contribution in [1.29, 1.82) is 0 Å². The third-order valence-corrected chi connectivity index (χ3v) is 5.39. The monoisotopic (exact) mass is 317 g/mol. The van der Waals surface area contributed by atoms with Crippen LogP contribution in [-0.4, -0.2) is 17.3 Å². The first kappa shape index (κ1) is 13.5. The second kappa shape index (κ2) is 6.32. The third-order valence-electron chi connectivity index (χ3n) is 3.46. The fraction of sp³-hybridized carbons (Fsp3) is 0.692. The Morgan fingerprint density at radius 3 is 2.59 bits per heavy atom. The largest absolute Gasteiger partial charge is 0.389 e. The van der Waals surface area contributed by atoms with E-state index in [0.29, 0.717) is 0 Å². The van der Waals surface area contributed by atoms with Gasteiger partial charge in [-0.1, -0.05) is 25.7 Å². The highest BCUT2D eigenvalue weighted by Gasteiger charge is 2.27. The number of rotatable bonds is 4. The van der Waals surface area contributed by atoms with Crippen molar-refractivity contribution >= 4 is 27.3 Å². The fourth-order valence-corrected chi connectivity index (χ4v) is 3.89. The minimum Gasteiger partial charge on any atom is -0.389 e. The van der Waals surface area contributed by atoms with Crippen molar-refractivity contribution in [2.45, 2.75) is 50.7 Å². The number of thiophene rings is 1. The summed E-state index contributed by atoms with van der Waals surface area (Å²) in [4.78, 5) is 1.31. The van der Waals surface area contributed by atoms with Gasteiger partial charge in [0.2, 0.25) is 0 Å². The van der Waals surface area contributed by atoms with Crippen LogP contribution < -0.4 is 5.32 Å². The summed E-state index contributed by atoms with van der Waals surface area (Å²) in [6.45, 7) is 1.57. The van der Waals surface area contributed by atoms with E-state index in [1.807, 2.05) is 0 Å². The van der Waals surface area contributed by atoms with Gasteiger partial charge in [0.25, 0.3) is 0 Å². The molecule has 1 heterocycles. The topological polar surface area (TPSA) is 32.3 Å². The first-order valence-electron chi connectivity index (χ1n) is 6.35. The van der Waals surface area contributed by atoms with Gasteiger partial charge in [0, 0.05) is 22.4 Å². The lowest BCUT2D eigenvalue weighted by Crippen LogP contribution is -2.39. The first-order chi connectivity index (χ1) is 8.20. The molecule has 1 aromatic rings. The van der Waals surface area contributed by atoms with Crippen molar-refractivity contribution in [3.05, 3.63) is 20.8 Å². The zero-order valence-corrected chi connectivity index (χ0v) is 12.4. The van der Waals surface area contributed by atoms with Gasteiger partial charge in [0.1, 0.15) is 0 Å². The molecule has 17 heavy (non-hydrogen) atoms. The van der Waals surface area contributed by atoms with E-state index in [1.165, 1.54) is 35.0 Å². The summed E-state index contributed by atoms with van der Waals surface area (Å²) < 4.78 is 1.17. The summed E-state index contributed by atoms with van der Waals surface area (Å²) in [5.41, 5.74) is -0.472. The maximum atomic E-state index is 10.5. The second-order valence-electron chi connectivity index (χ2n) is 4.93. The average molecular weight is 318 g/mol. The van der Waals surface area contributed by atoms with Crippen LogP contribution in [0.5, 0.6) is 0 Å². The minimum absolute atomic E-state index is 0.472. The average Bonchev–Trinajstić information content (AvgIpc) is 2.58. The standard InChI is InChI=1S/C13H20BrNOS/c14-11-5-8-17-12(11)9-15-10-13(16)6-3-1-2-4-7-13/h5,8,15-16H,1-4,6-7,9-10H2. The summed E-state index contributed by atoms with van der Waals surface area (Å²) in [5, 5.41) is 16.0. The Hall–Kier alpha value is 0.100. The van der Waals surface area contributed by atoms with Crippen molar-refractivity contribution in [2.75, 3.05) is 6.54 Å². The molecular weight excluding hydrogens is 298 g/mol. The van der Waals surface area contributed by atoms with Gasteiger partial charge in [0.05, 0.1) is 5.60 Å². The van der Waals surface area contributed by atoms with Gasteiger partial charge >= 0.3 is 0 Å². The van der Waals surface area contributed by atoms with E-state index < -0.39 is 5.60 Å². The van der Waals surface area contributed by atoms with E-state index in [2.05, 4.69) is 32.7 Å². The smallest absolute Gasteiger partial charge is 0.0771 e. The van der Waals surface area contributed by atoms with Crippen molar-refractivity contribution < 1.29 is 5.11 Å². The van der Waals surface area contributed by atoms with Gasteiger partial charge in [-0.2, -0.15) is 0 Å². The zero-order valence-electron chi connectivity index (χ0n) is 10.0. The van der Waals surface area contributed by atoms with E-state index in [0.717, 1.165) is 25.9 Å². The Bertz CT molecular complexity index is 345. The quantitative estimate of drug-likeness (QED) is 0.830. The van der Waals surface area contributed by atoms with Crippen LogP contribution in [0.25, 0.3) is 0 Å². The molecule has 2 rings (SSSR count). The number of hydrogen-bond acceptors (Lipinski definition) is 3. The van der Waals surface area contributed by atoms with Gasteiger partial charge in [-0.05, 0) is 40.2 Å². The highest BCUT2D eigenvalue weighted by atomic mass is 79.9. The van der Waals surface area contributed by atoms with Crippen LogP contribution in [-0.2, 0) is 6.54 Å². The number of nitrogens with one attached hydrogen (secondary N) is 1. The molecule has 4 heteroatoms. The maximum Gasteiger partial charge on any atom is 0.0771 e. The molecule has 0 saturated heterocycles. The summed E-state index contributed by atoms with van der Waals surface area (Å²) >= 11 is 5.27. The third kappa shape index (κ3) is 4.05. The fourth-order valence-electron chi connectivity index (χ4n) is 2.42. The lowest BCUT2D eigenvalue weighted by atomic mass is 9.94. The van der Waals surface area contributed by atoms with Gasteiger partial charge in [-0.3, -0.25) is 0 Å². The van der Waals surface area contributed by atoms with E-state index in [1.54, 1.807) is 11.3 Å². The van der Waals surface area contributed by atoms with Gasteiger partial charge < -0.3 is 10.4 Å². The molecule has 0 radical (unpaired) electrons. The van der Waals surface area contributed by atoms with Crippen LogP contribution in [0.15, 0.2) is 15.9 Å². The van der Waals surface area contributed by atoms with Crippen LogP contribution in [0.1, 0.15) is 43.4 Å². The number of halogens is 1. The maximum absolute atomic E-state index is 10.5. The molecule has 1 saturated carbocycles. The molecule has 96 valence electrons. The van der Waals surface area contributed by atoms with E-state index >= 15 is 0 Å². The molecule has 1 aliphatic carbocycles. The Kier molecular flexibility index (Phi) is 5.03. The van der Waals surface area contributed by atoms with E-state index in [9.17, 15) is 5.11 Å². The van der Waals surface area contributed by atoms with Crippen molar-refractivity contribution in [3.8, 4) is 0 Å². The van der Waals surface area contributed by atoms with Crippen LogP contribution in [0, 0.1) is 0 Å². The van der Waals surface area contributed by atoms with Crippen LogP contribution in [0.4, 0.5) is 0 Å². The second-order valence-corrected chi connectivity index (χ2v) is 6.79. The first-order valence-corrected chi connectivity index (χ1v) is 8.02. The van der Waals surface area contributed by atoms with E-state index in [4.69, 9.17) is 0 Å². The highest BCUT2D eigenvalue weighted by molar-refractivity contribution is 9.10. The van der Waals surface area contributed by atoms with Crippen molar-refractivity contribution in [1.82, 2.24) is 5.32 Å². The molecule has 0 atom stereocenters. The molecule has 1 aromatic heterocycles.